The monoisotopic (exact) mass is 811 g/mol. The number of carbonyl (C=O) groups excluding carboxylic acids is 4. The largest absolute Gasteiger partial charge is 0.509 e. The second-order valence-corrected chi connectivity index (χ2v) is 19.5. The summed E-state index contributed by atoms with van der Waals surface area (Å²) in [5.74, 6) is 0.645. The van der Waals surface area contributed by atoms with E-state index >= 15 is 0 Å². The summed E-state index contributed by atoms with van der Waals surface area (Å²) in [6.45, 7) is 28.2. The highest BCUT2D eigenvalue weighted by atomic mass is 16.7. The van der Waals surface area contributed by atoms with E-state index in [9.17, 15) is 19.2 Å². The second-order valence-electron chi connectivity index (χ2n) is 19.5. The molecule has 0 unspecified atom stereocenters. The quantitative estimate of drug-likeness (QED) is 0.149. The molecule has 0 bridgehead atoms. The lowest BCUT2D eigenvalue weighted by molar-refractivity contribution is -0.0584. The number of anilines is 1. The van der Waals surface area contributed by atoms with Crippen molar-refractivity contribution in [2.75, 3.05) is 24.6 Å². The van der Waals surface area contributed by atoms with E-state index in [0.29, 0.717) is 48.4 Å². The zero-order valence-electron chi connectivity index (χ0n) is 37.3. The molecular formula is C43H65N5O10. The first-order chi connectivity index (χ1) is 26.5. The lowest BCUT2D eigenvalue weighted by Gasteiger charge is -2.33. The summed E-state index contributed by atoms with van der Waals surface area (Å²) in [6, 6.07) is 5.93. The molecule has 1 fully saturated rings. The summed E-state index contributed by atoms with van der Waals surface area (Å²) in [5, 5.41) is 0.680. The maximum Gasteiger partial charge on any atom is 0.509 e. The highest BCUT2D eigenvalue weighted by Gasteiger charge is 2.38. The molecule has 1 saturated heterocycles. The minimum Gasteiger partial charge on any atom is -0.444 e. The molecule has 1 aromatic carbocycles. The van der Waals surface area contributed by atoms with Gasteiger partial charge in [0.15, 0.2) is 5.82 Å². The van der Waals surface area contributed by atoms with E-state index in [4.69, 9.17) is 38.4 Å². The Balaban J connectivity index is 1.91. The van der Waals surface area contributed by atoms with E-state index in [1.807, 2.05) is 50.5 Å². The third-order valence-electron chi connectivity index (χ3n) is 8.68. The fraction of sp³-hybridized carbons (Fsp3) is 0.674. The number of fused-ring (bicyclic) bond motifs is 3. The molecule has 1 aliphatic heterocycles. The maximum absolute atomic E-state index is 14.1. The van der Waals surface area contributed by atoms with Gasteiger partial charge >= 0.3 is 24.4 Å². The van der Waals surface area contributed by atoms with Crippen LogP contribution in [0.1, 0.15) is 128 Å². The maximum atomic E-state index is 14.1. The Morgan fingerprint density at radius 1 is 0.741 bits per heavy atom. The van der Waals surface area contributed by atoms with Crippen molar-refractivity contribution < 1.29 is 47.6 Å². The van der Waals surface area contributed by atoms with Gasteiger partial charge in [-0.1, -0.05) is 12.1 Å². The summed E-state index contributed by atoms with van der Waals surface area (Å²) in [7, 11) is 0. The van der Waals surface area contributed by atoms with Gasteiger partial charge in [0.25, 0.3) is 0 Å². The standard InChI is InChI=1S/C43H65N5O10/c1-16-53-25-31-45-32-33(47(31)26-43(14,15)58-38(52)57-42(11,12)13)29-18-17-28(23-27-19-21-46(22-20-27)35(49)54-39(2,3)4)24-30(29)44-34(32)48(36(50)55-40(5,6)7)37(51)56-41(8,9)10/h17-18,24,27H,16,19-23,25-26H2,1-15H3. The number of benzene rings is 1. The van der Waals surface area contributed by atoms with Crippen molar-refractivity contribution in [1.82, 2.24) is 19.4 Å². The van der Waals surface area contributed by atoms with Crippen LogP contribution in [0.5, 0.6) is 0 Å². The Morgan fingerprint density at radius 3 is 1.81 bits per heavy atom. The predicted molar refractivity (Wildman–Crippen MR) is 221 cm³/mol. The highest BCUT2D eigenvalue weighted by Crippen LogP contribution is 2.36. The van der Waals surface area contributed by atoms with Gasteiger partial charge in [0.05, 0.1) is 17.6 Å². The zero-order valence-corrected chi connectivity index (χ0v) is 37.3. The molecule has 15 heteroatoms. The molecule has 3 amide bonds. The van der Waals surface area contributed by atoms with Crippen molar-refractivity contribution in [1.29, 1.82) is 0 Å². The summed E-state index contributed by atoms with van der Waals surface area (Å²) in [4.78, 5) is 66.3. The molecule has 58 heavy (non-hydrogen) atoms. The molecule has 4 rings (SSSR count). The van der Waals surface area contributed by atoms with Gasteiger partial charge in [0.2, 0.25) is 0 Å². The molecule has 0 radical (unpaired) electrons. The zero-order chi connectivity index (χ0) is 43.6. The Kier molecular flexibility index (Phi) is 13.7. The molecule has 0 N–H and O–H groups in total. The Labute approximate surface area is 343 Å². The van der Waals surface area contributed by atoms with Gasteiger partial charge in [-0.3, -0.25) is 0 Å². The van der Waals surface area contributed by atoms with Gasteiger partial charge in [-0.05, 0) is 141 Å². The van der Waals surface area contributed by atoms with Crippen molar-refractivity contribution in [3.05, 3.63) is 29.6 Å². The van der Waals surface area contributed by atoms with E-state index in [1.165, 1.54) is 0 Å². The lowest BCUT2D eigenvalue weighted by Crippen LogP contribution is -2.44. The first-order valence-corrected chi connectivity index (χ1v) is 20.1. The Bertz CT molecular complexity index is 1940. The van der Waals surface area contributed by atoms with E-state index in [0.717, 1.165) is 23.3 Å². The number of amides is 3. The van der Waals surface area contributed by atoms with Crippen LogP contribution in [0, 0.1) is 5.92 Å². The summed E-state index contributed by atoms with van der Waals surface area (Å²) in [5.41, 5.74) is -2.20. The number of hydrogen-bond donors (Lipinski definition) is 0. The Morgan fingerprint density at radius 2 is 1.29 bits per heavy atom. The van der Waals surface area contributed by atoms with Crippen LogP contribution in [0.4, 0.5) is 25.0 Å². The van der Waals surface area contributed by atoms with Crippen LogP contribution in [0.15, 0.2) is 18.2 Å². The third kappa shape index (κ3) is 12.9. The predicted octanol–water partition coefficient (Wildman–Crippen LogP) is 9.72. The number of carbonyl (C=O) groups is 4. The topological polar surface area (TPSA) is 161 Å². The van der Waals surface area contributed by atoms with Crippen LogP contribution in [-0.2, 0) is 48.0 Å². The fourth-order valence-electron chi connectivity index (χ4n) is 6.47. The van der Waals surface area contributed by atoms with Crippen LogP contribution in [0.3, 0.4) is 0 Å². The van der Waals surface area contributed by atoms with Gasteiger partial charge in [-0.15, -0.1) is 0 Å². The molecule has 15 nitrogen and oxygen atoms in total. The van der Waals surface area contributed by atoms with E-state index in [-0.39, 0.29) is 36.5 Å². The van der Waals surface area contributed by atoms with E-state index in [2.05, 4.69) is 0 Å². The van der Waals surface area contributed by atoms with Gasteiger partial charge in [0, 0.05) is 25.1 Å². The molecule has 0 atom stereocenters. The van der Waals surface area contributed by atoms with Crippen LogP contribution >= 0.6 is 0 Å². The summed E-state index contributed by atoms with van der Waals surface area (Å²) in [6.07, 6.45) is -0.823. The molecular weight excluding hydrogens is 746 g/mol. The van der Waals surface area contributed by atoms with Gasteiger partial charge < -0.3 is 37.9 Å². The summed E-state index contributed by atoms with van der Waals surface area (Å²) < 4.78 is 36.2. The van der Waals surface area contributed by atoms with Crippen LogP contribution in [0.25, 0.3) is 21.9 Å². The molecule has 2 aromatic heterocycles. The number of rotatable bonds is 9. The Hall–Kier alpha value is -4.66. The van der Waals surface area contributed by atoms with Crippen molar-refractivity contribution in [3.63, 3.8) is 0 Å². The summed E-state index contributed by atoms with van der Waals surface area (Å²) >= 11 is 0. The number of imide groups is 1. The minimum atomic E-state index is -1.13. The van der Waals surface area contributed by atoms with Crippen LogP contribution in [-0.4, -0.2) is 91.6 Å². The normalized spacial score (nSPS) is 14.7. The van der Waals surface area contributed by atoms with Gasteiger partial charge in [-0.25, -0.2) is 29.1 Å². The number of aromatic nitrogens is 3. The molecule has 0 saturated carbocycles. The molecule has 322 valence electrons. The van der Waals surface area contributed by atoms with Gasteiger partial charge in [-0.2, -0.15) is 4.90 Å². The van der Waals surface area contributed by atoms with Crippen molar-refractivity contribution in [3.8, 4) is 0 Å². The molecule has 0 aliphatic carbocycles. The van der Waals surface area contributed by atoms with Crippen LogP contribution in [0.2, 0.25) is 0 Å². The first-order valence-electron chi connectivity index (χ1n) is 20.1. The number of ether oxygens (including phenoxy) is 6. The van der Waals surface area contributed by atoms with Gasteiger partial charge in [0.1, 0.15) is 46.0 Å². The molecule has 0 spiro atoms. The third-order valence-corrected chi connectivity index (χ3v) is 8.68. The van der Waals surface area contributed by atoms with Crippen molar-refractivity contribution >= 4 is 52.2 Å². The van der Waals surface area contributed by atoms with Crippen molar-refractivity contribution in [2.24, 2.45) is 5.92 Å². The van der Waals surface area contributed by atoms with E-state index in [1.54, 1.807) is 81.1 Å². The number of piperidine rings is 1. The number of imidazole rings is 1. The molecule has 3 heterocycles. The fourth-order valence-corrected chi connectivity index (χ4v) is 6.47. The lowest BCUT2D eigenvalue weighted by atomic mass is 9.90. The highest BCUT2D eigenvalue weighted by molar-refractivity contribution is 6.17. The van der Waals surface area contributed by atoms with Crippen LogP contribution < -0.4 is 4.90 Å². The molecule has 3 aromatic rings. The number of nitrogens with zero attached hydrogens (tertiary/aromatic N) is 5. The molecule has 1 aliphatic rings. The SMILES string of the molecule is CCOCc1nc2c(N(C(=O)OC(C)(C)C)C(=O)OC(C)(C)C)nc3cc(CC4CCN(C(=O)OC(C)(C)C)CC4)ccc3c2n1CC(C)(C)OC(=O)OC(C)(C)C. The number of likely N-dealkylation sites (tertiary alicyclic amines) is 1. The average Bonchev–Trinajstić information content (AvgIpc) is 3.37. The smallest absolute Gasteiger partial charge is 0.444 e. The average molecular weight is 812 g/mol. The first kappa shape index (κ1) is 46.0. The second kappa shape index (κ2) is 17.3. The number of pyridine rings is 1. The van der Waals surface area contributed by atoms with E-state index < -0.39 is 46.3 Å². The van der Waals surface area contributed by atoms with Crippen molar-refractivity contribution in [2.45, 2.75) is 164 Å². The minimum absolute atomic E-state index is 0.0631. The number of hydrogen-bond acceptors (Lipinski definition) is 12.